The minimum absolute atomic E-state index is 0.0155. The molecule has 1 atom stereocenters. The van der Waals surface area contributed by atoms with Crippen LogP contribution >= 0.6 is 0 Å². The van der Waals surface area contributed by atoms with Crippen molar-refractivity contribution in [3.8, 4) is 0 Å². The molecule has 0 saturated heterocycles. The number of nitrogens with one attached hydrogen (secondary N) is 1. The first-order valence-corrected chi connectivity index (χ1v) is 16.8. The molecule has 0 aliphatic heterocycles. The van der Waals surface area contributed by atoms with Crippen LogP contribution in [0, 0.1) is 27.7 Å². The number of aliphatic hydroxyl groups is 1. The first kappa shape index (κ1) is 46.2. The van der Waals surface area contributed by atoms with Crippen LogP contribution in [-0.2, 0) is 26.1 Å². The van der Waals surface area contributed by atoms with Crippen LogP contribution in [-0.4, -0.2) is 85.7 Å². The summed E-state index contributed by atoms with van der Waals surface area (Å²) >= 11 is 0. The number of rotatable bonds is 9. The molecule has 0 amide bonds. The Balaban J connectivity index is 0.000000216. The zero-order chi connectivity index (χ0) is 43.3. The Labute approximate surface area is 324 Å². The molecule has 13 nitrogen and oxygen atoms in total. The van der Waals surface area contributed by atoms with Gasteiger partial charge in [0.2, 0.25) is 0 Å². The number of aryl methyl sites for hydroxylation is 4. The van der Waals surface area contributed by atoms with Crippen LogP contribution in [0.4, 0.5) is 39.5 Å². The predicted molar refractivity (Wildman–Crippen MR) is 188 cm³/mol. The molecule has 6 heterocycles. The summed E-state index contributed by atoms with van der Waals surface area (Å²) in [7, 11) is 0. The second kappa shape index (κ2) is 20.3. The van der Waals surface area contributed by atoms with Gasteiger partial charge in [-0.2, -0.15) is 59.9 Å². The van der Waals surface area contributed by atoms with E-state index in [2.05, 4.69) is 35.5 Å². The third-order valence-corrected chi connectivity index (χ3v) is 7.42. The Bertz CT molecular complexity index is 2170. The normalized spacial score (nSPS) is 12.0. The van der Waals surface area contributed by atoms with E-state index in [0.717, 1.165) is 25.3 Å². The number of nitrogens with zero attached hydrogens (tertiary/aromatic N) is 9. The highest BCUT2D eigenvalue weighted by atomic mass is 19.4. The minimum atomic E-state index is -4.34. The summed E-state index contributed by atoms with van der Waals surface area (Å²) < 4.78 is 112. The molecule has 0 aliphatic rings. The highest BCUT2D eigenvalue weighted by Crippen LogP contribution is 2.24. The van der Waals surface area contributed by atoms with Gasteiger partial charge in [-0.1, -0.05) is 0 Å². The number of halogens is 9. The molecule has 6 rings (SSSR count). The molecule has 2 N–H and O–H groups in total. The number of aldehydes is 2. The third-order valence-electron chi connectivity index (χ3n) is 7.42. The molecule has 6 aromatic rings. The maximum Gasteiger partial charge on any atom is 0.408 e. The Kier molecular flexibility index (Phi) is 16.2. The molecule has 0 fully saturated rings. The quantitative estimate of drug-likeness (QED) is 0.115. The lowest BCUT2D eigenvalue weighted by Gasteiger charge is -2.09. The molecule has 0 saturated carbocycles. The number of aromatic amines is 1. The molecule has 0 aromatic carbocycles. The number of pyridine rings is 2. The van der Waals surface area contributed by atoms with E-state index in [1.165, 1.54) is 38.4 Å². The lowest BCUT2D eigenvalue weighted by Crippen LogP contribution is -2.19. The summed E-state index contributed by atoms with van der Waals surface area (Å²) in [5.41, 5.74) is 4.89. The van der Waals surface area contributed by atoms with Gasteiger partial charge in [0.25, 0.3) is 0 Å². The van der Waals surface area contributed by atoms with Gasteiger partial charge in [0.05, 0.1) is 11.4 Å². The molecule has 58 heavy (non-hydrogen) atoms. The van der Waals surface area contributed by atoms with Crippen LogP contribution < -0.4 is 0 Å². The minimum Gasteiger partial charge on any atom is -0.382 e. The molecular weight excluding hydrogens is 791 g/mol. The Morgan fingerprint density at radius 3 is 1.55 bits per heavy atom. The van der Waals surface area contributed by atoms with Crippen LogP contribution in [0.2, 0.25) is 0 Å². The lowest BCUT2D eigenvalue weighted by molar-refractivity contribution is -0.143. The number of H-pyrrole nitrogens is 1. The standard InChI is InChI=1S/C12H12F3N3O.C12H12F3N3.C7H7F3N2O.C5H6N2O/c1-8-6-10(17-18(8)7-12(13,14)15)11(19)9-2-4-16-5-3-9;1-9-6-11(7-10-2-4-16-5-3-10)17-18(9)8-12(13,14)15;1-5-2-6(3-13)11-12(5)4-7(8,9)10;1-4-2-5(3-8)7-6-4/h2-6,11,19H,7H2,1H3;2-6H,7-8H2,1H3;2-3H,4H2,1H3;2-3H,1H3,(H,6,7). The van der Waals surface area contributed by atoms with E-state index in [1.807, 2.05) is 19.1 Å². The summed E-state index contributed by atoms with van der Waals surface area (Å²) in [6.45, 7) is 3.08. The molecule has 0 radical (unpaired) electrons. The zero-order valence-corrected chi connectivity index (χ0v) is 31.2. The van der Waals surface area contributed by atoms with E-state index < -0.39 is 44.3 Å². The van der Waals surface area contributed by atoms with E-state index >= 15 is 0 Å². The average molecular weight is 829 g/mol. The maximum absolute atomic E-state index is 12.3. The lowest BCUT2D eigenvalue weighted by atomic mass is 10.1. The smallest absolute Gasteiger partial charge is 0.382 e. The molecule has 6 aromatic heterocycles. The highest BCUT2D eigenvalue weighted by molar-refractivity contribution is 5.72. The van der Waals surface area contributed by atoms with Gasteiger partial charge in [0.1, 0.15) is 37.1 Å². The first-order chi connectivity index (χ1) is 27.1. The van der Waals surface area contributed by atoms with E-state index in [1.54, 1.807) is 43.6 Å². The third kappa shape index (κ3) is 16.1. The average Bonchev–Trinajstić information content (AvgIpc) is 3.91. The fraction of sp³-hybridized carbons (Fsp3) is 0.333. The van der Waals surface area contributed by atoms with Crippen LogP contribution in [0.1, 0.15) is 72.4 Å². The number of carbonyl (C=O) groups excluding carboxylic acids is 2. The number of aromatic nitrogens is 10. The van der Waals surface area contributed by atoms with Crippen LogP contribution in [0.15, 0.2) is 73.3 Å². The summed E-state index contributed by atoms with van der Waals surface area (Å²) in [6.07, 6.45) is -6.02. The van der Waals surface area contributed by atoms with Crippen molar-refractivity contribution in [3.05, 3.63) is 130 Å². The Hall–Kier alpha value is -6.19. The number of hydrogen-bond acceptors (Lipinski definition) is 9. The van der Waals surface area contributed by atoms with Gasteiger partial charge >= 0.3 is 18.5 Å². The molecule has 22 heteroatoms. The second-order valence-corrected chi connectivity index (χ2v) is 12.4. The van der Waals surface area contributed by atoms with Crippen molar-refractivity contribution in [2.45, 2.75) is 78.4 Å². The summed E-state index contributed by atoms with van der Waals surface area (Å²) in [5.74, 6) is 0. The highest BCUT2D eigenvalue weighted by Gasteiger charge is 2.31. The Morgan fingerprint density at radius 1 is 0.638 bits per heavy atom. The van der Waals surface area contributed by atoms with Crippen molar-refractivity contribution >= 4 is 12.6 Å². The molecule has 1 unspecified atom stereocenters. The molecule has 0 spiro atoms. The van der Waals surface area contributed by atoms with E-state index in [4.69, 9.17) is 0 Å². The van der Waals surface area contributed by atoms with Gasteiger partial charge in [0.15, 0.2) is 12.6 Å². The van der Waals surface area contributed by atoms with Gasteiger partial charge in [0, 0.05) is 54.0 Å². The SMILES string of the molecule is Cc1cc(C(O)c2ccncc2)nn1CC(F)(F)F.Cc1cc(C=O)n[nH]1.Cc1cc(C=O)nn1CC(F)(F)F.Cc1cc(Cc2ccncc2)nn1CC(F)(F)F. The number of aliphatic hydroxyl groups excluding tert-OH is 1. The van der Waals surface area contributed by atoms with Crippen LogP contribution in [0.5, 0.6) is 0 Å². The molecular formula is C36H37F9N10O3. The zero-order valence-electron chi connectivity index (χ0n) is 31.2. The summed E-state index contributed by atoms with van der Waals surface area (Å²) in [5, 5.41) is 27.5. The monoisotopic (exact) mass is 828 g/mol. The molecule has 312 valence electrons. The molecule has 0 bridgehead atoms. The number of carbonyl (C=O) groups is 2. The fourth-order valence-corrected chi connectivity index (χ4v) is 4.84. The fourth-order valence-electron chi connectivity index (χ4n) is 4.84. The van der Waals surface area contributed by atoms with Crippen molar-refractivity contribution in [1.29, 1.82) is 0 Å². The maximum atomic E-state index is 12.3. The van der Waals surface area contributed by atoms with Crippen molar-refractivity contribution in [3.63, 3.8) is 0 Å². The number of hydrogen-bond donors (Lipinski definition) is 2. The van der Waals surface area contributed by atoms with Crippen LogP contribution in [0.3, 0.4) is 0 Å². The Morgan fingerprint density at radius 2 is 1.10 bits per heavy atom. The molecule has 0 aliphatic carbocycles. The van der Waals surface area contributed by atoms with Gasteiger partial charge in [-0.25, -0.2) is 0 Å². The first-order valence-electron chi connectivity index (χ1n) is 16.8. The van der Waals surface area contributed by atoms with Gasteiger partial charge in [-0.15, -0.1) is 0 Å². The number of alkyl halides is 9. The van der Waals surface area contributed by atoms with E-state index in [9.17, 15) is 54.2 Å². The van der Waals surface area contributed by atoms with E-state index in [0.29, 0.717) is 53.0 Å². The summed E-state index contributed by atoms with van der Waals surface area (Å²) in [6, 6.07) is 12.9. The van der Waals surface area contributed by atoms with Crippen LogP contribution in [0.25, 0.3) is 0 Å². The van der Waals surface area contributed by atoms with Crippen molar-refractivity contribution in [2.75, 3.05) is 0 Å². The van der Waals surface area contributed by atoms with Crippen molar-refractivity contribution in [1.82, 2.24) is 49.5 Å². The summed E-state index contributed by atoms with van der Waals surface area (Å²) in [4.78, 5) is 27.8. The van der Waals surface area contributed by atoms with Crippen molar-refractivity contribution < 1.29 is 54.2 Å². The largest absolute Gasteiger partial charge is 0.408 e. The topological polar surface area (TPSA) is 162 Å². The van der Waals surface area contributed by atoms with Gasteiger partial charge in [-0.3, -0.25) is 38.7 Å². The predicted octanol–water partition coefficient (Wildman–Crippen LogP) is 7.07. The van der Waals surface area contributed by atoms with Crippen molar-refractivity contribution in [2.24, 2.45) is 0 Å². The van der Waals surface area contributed by atoms with E-state index in [-0.39, 0.29) is 11.4 Å². The van der Waals surface area contributed by atoms with Gasteiger partial charge < -0.3 is 5.11 Å². The van der Waals surface area contributed by atoms with Gasteiger partial charge in [-0.05, 0) is 87.4 Å². The second-order valence-electron chi connectivity index (χ2n) is 12.4.